The van der Waals surface area contributed by atoms with Crippen molar-refractivity contribution >= 4 is 11.6 Å². The van der Waals surface area contributed by atoms with Gasteiger partial charge < -0.3 is 16.4 Å². The number of nitrogens with zero attached hydrogens (tertiary/aromatic N) is 1. The van der Waals surface area contributed by atoms with Gasteiger partial charge in [-0.2, -0.15) is 0 Å². The quantitative estimate of drug-likeness (QED) is 0.737. The fraction of sp³-hybridized carbons (Fsp3) is 0.538. The standard InChI is InChI=1S/C13H22N4O/c1-5-15-12(18)11-8-10(6-7-16-11)17-13(3,4)9(2)14/h6-9H,5,14H2,1-4H3,(H,15,18)(H,16,17). The lowest BCUT2D eigenvalue weighted by atomic mass is 9.96. The maximum atomic E-state index is 11.7. The molecule has 0 aliphatic carbocycles. The van der Waals surface area contributed by atoms with Crippen LogP contribution in [-0.4, -0.2) is 29.0 Å². The molecule has 0 aliphatic heterocycles. The highest BCUT2D eigenvalue weighted by Crippen LogP contribution is 2.17. The Kier molecular flexibility index (Phi) is 4.67. The molecule has 0 fully saturated rings. The monoisotopic (exact) mass is 250 g/mol. The first-order chi connectivity index (χ1) is 8.36. The van der Waals surface area contributed by atoms with Crippen molar-refractivity contribution in [2.75, 3.05) is 11.9 Å². The summed E-state index contributed by atoms with van der Waals surface area (Å²) in [6.45, 7) is 8.44. The molecule has 1 amide bonds. The zero-order valence-corrected chi connectivity index (χ0v) is 11.4. The van der Waals surface area contributed by atoms with E-state index in [2.05, 4.69) is 15.6 Å². The molecule has 0 radical (unpaired) electrons. The van der Waals surface area contributed by atoms with E-state index in [1.807, 2.05) is 33.8 Å². The first-order valence-corrected chi connectivity index (χ1v) is 6.15. The van der Waals surface area contributed by atoms with Crippen molar-refractivity contribution in [3.63, 3.8) is 0 Å². The zero-order chi connectivity index (χ0) is 13.8. The number of nitrogens with one attached hydrogen (secondary N) is 2. The smallest absolute Gasteiger partial charge is 0.269 e. The van der Waals surface area contributed by atoms with E-state index in [-0.39, 0.29) is 17.5 Å². The van der Waals surface area contributed by atoms with Crippen LogP contribution in [0.1, 0.15) is 38.2 Å². The Morgan fingerprint density at radius 2 is 2.22 bits per heavy atom. The summed E-state index contributed by atoms with van der Waals surface area (Å²) >= 11 is 0. The molecule has 1 aromatic heterocycles. The van der Waals surface area contributed by atoms with Crippen molar-refractivity contribution in [2.45, 2.75) is 39.3 Å². The summed E-state index contributed by atoms with van der Waals surface area (Å²) in [5.74, 6) is -0.167. The van der Waals surface area contributed by atoms with Gasteiger partial charge in [0.2, 0.25) is 0 Å². The lowest BCUT2D eigenvalue weighted by Crippen LogP contribution is -2.47. The third-order valence-electron chi connectivity index (χ3n) is 2.93. The van der Waals surface area contributed by atoms with Gasteiger partial charge in [0, 0.05) is 30.0 Å². The zero-order valence-electron chi connectivity index (χ0n) is 11.4. The lowest BCUT2D eigenvalue weighted by Gasteiger charge is -2.31. The van der Waals surface area contributed by atoms with Crippen LogP contribution < -0.4 is 16.4 Å². The number of hydrogen-bond acceptors (Lipinski definition) is 4. The summed E-state index contributed by atoms with van der Waals surface area (Å²) in [5, 5.41) is 6.03. The van der Waals surface area contributed by atoms with Gasteiger partial charge in [-0.1, -0.05) is 0 Å². The van der Waals surface area contributed by atoms with Crippen LogP contribution in [0.15, 0.2) is 18.3 Å². The Bertz CT molecular complexity index is 415. The molecule has 5 heteroatoms. The summed E-state index contributed by atoms with van der Waals surface area (Å²) < 4.78 is 0. The molecule has 0 aliphatic rings. The molecule has 1 heterocycles. The number of carbonyl (C=O) groups excluding carboxylic acids is 1. The van der Waals surface area contributed by atoms with Gasteiger partial charge >= 0.3 is 0 Å². The van der Waals surface area contributed by atoms with Gasteiger partial charge in [0.05, 0.1) is 0 Å². The van der Waals surface area contributed by atoms with Gasteiger partial charge in [0.25, 0.3) is 5.91 Å². The van der Waals surface area contributed by atoms with Gasteiger partial charge in [0.15, 0.2) is 0 Å². The molecule has 0 spiro atoms. The van der Waals surface area contributed by atoms with Gasteiger partial charge in [-0.3, -0.25) is 9.78 Å². The average Bonchev–Trinajstić information content (AvgIpc) is 2.29. The maximum absolute atomic E-state index is 11.7. The molecule has 4 N–H and O–H groups in total. The summed E-state index contributed by atoms with van der Waals surface area (Å²) in [4.78, 5) is 15.7. The first-order valence-electron chi connectivity index (χ1n) is 6.15. The largest absolute Gasteiger partial charge is 0.379 e. The Hall–Kier alpha value is -1.62. The lowest BCUT2D eigenvalue weighted by molar-refractivity contribution is 0.0951. The highest BCUT2D eigenvalue weighted by molar-refractivity contribution is 5.93. The van der Waals surface area contributed by atoms with Gasteiger partial charge in [0.1, 0.15) is 5.69 Å². The van der Waals surface area contributed by atoms with Crippen LogP contribution in [0.25, 0.3) is 0 Å². The molecule has 1 rings (SSSR count). The van der Waals surface area contributed by atoms with E-state index in [1.54, 1.807) is 12.3 Å². The minimum atomic E-state index is -0.250. The molecule has 1 atom stereocenters. The average molecular weight is 250 g/mol. The molecule has 18 heavy (non-hydrogen) atoms. The molecule has 0 saturated heterocycles. The van der Waals surface area contributed by atoms with Crippen LogP contribution in [0.2, 0.25) is 0 Å². The highest BCUT2D eigenvalue weighted by atomic mass is 16.1. The number of amides is 1. The number of aromatic nitrogens is 1. The van der Waals surface area contributed by atoms with Crippen LogP contribution in [0.3, 0.4) is 0 Å². The fourth-order valence-electron chi connectivity index (χ4n) is 1.37. The van der Waals surface area contributed by atoms with E-state index in [1.165, 1.54) is 0 Å². The van der Waals surface area contributed by atoms with Crippen molar-refractivity contribution in [2.24, 2.45) is 5.73 Å². The van der Waals surface area contributed by atoms with Crippen molar-refractivity contribution in [3.05, 3.63) is 24.0 Å². The number of pyridine rings is 1. The summed E-state index contributed by atoms with van der Waals surface area (Å²) in [5.41, 5.74) is 6.90. The van der Waals surface area contributed by atoms with Crippen molar-refractivity contribution < 1.29 is 4.79 Å². The minimum Gasteiger partial charge on any atom is -0.379 e. The predicted octanol–water partition coefficient (Wildman–Crippen LogP) is 1.37. The van der Waals surface area contributed by atoms with Crippen LogP contribution in [0.4, 0.5) is 5.69 Å². The Balaban J connectivity index is 2.86. The molecular formula is C13H22N4O. The molecule has 5 nitrogen and oxygen atoms in total. The Morgan fingerprint density at radius 3 is 2.78 bits per heavy atom. The van der Waals surface area contributed by atoms with Crippen LogP contribution >= 0.6 is 0 Å². The van der Waals surface area contributed by atoms with Gasteiger partial charge in [-0.25, -0.2) is 0 Å². The van der Waals surface area contributed by atoms with Crippen molar-refractivity contribution in [1.82, 2.24) is 10.3 Å². The minimum absolute atomic E-state index is 0.0152. The molecule has 1 aromatic rings. The molecular weight excluding hydrogens is 228 g/mol. The topological polar surface area (TPSA) is 80.0 Å². The number of nitrogens with two attached hydrogens (primary N) is 1. The number of carbonyl (C=O) groups is 1. The predicted molar refractivity (Wildman–Crippen MR) is 73.6 cm³/mol. The maximum Gasteiger partial charge on any atom is 0.269 e. The number of anilines is 1. The van der Waals surface area contributed by atoms with E-state index < -0.39 is 0 Å². The second-order valence-corrected chi connectivity index (χ2v) is 4.92. The third kappa shape index (κ3) is 3.70. The molecule has 0 aromatic carbocycles. The van der Waals surface area contributed by atoms with Gasteiger partial charge in [-0.15, -0.1) is 0 Å². The van der Waals surface area contributed by atoms with Crippen molar-refractivity contribution in [3.8, 4) is 0 Å². The van der Waals surface area contributed by atoms with E-state index in [0.717, 1.165) is 5.69 Å². The van der Waals surface area contributed by atoms with E-state index in [4.69, 9.17) is 5.73 Å². The molecule has 100 valence electrons. The second-order valence-electron chi connectivity index (χ2n) is 4.92. The van der Waals surface area contributed by atoms with Crippen LogP contribution in [0.5, 0.6) is 0 Å². The molecule has 1 unspecified atom stereocenters. The SMILES string of the molecule is CCNC(=O)c1cc(NC(C)(C)C(C)N)ccn1. The third-order valence-corrected chi connectivity index (χ3v) is 2.93. The Morgan fingerprint density at radius 1 is 1.56 bits per heavy atom. The fourth-order valence-corrected chi connectivity index (χ4v) is 1.37. The normalized spacial score (nSPS) is 12.9. The Labute approximate surface area is 108 Å². The summed E-state index contributed by atoms with van der Waals surface area (Å²) in [7, 11) is 0. The van der Waals surface area contributed by atoms with Crippen molar-refractivity contribution in [1.29, 1.82) is 0 Å². The first kappa shape index (κ1) is 14.4. The van der Waals surface area contributed by atoms with Gasteiger partial charge in [-0.05, 0) is 39.8 Å². The van der Waals surface area contributed by atoms with E-state index >= 15 is 0 Å². The molecule has 0 bridgehead atoms. The second kappa shape index (κ2) is 5.82. The highest BCUT2D eigenvalue weighted by Gasteiger charge is 2.22. The van der Waals surface area contributed by atoms with E-state index in [0.29, 0.717) is 12.2 Å². The van der Waals surface area contributed by atoms with Crippen LogP contribution in [0, 0.1) is 0 Å². The molecule has 0 saturated carbocycles. The van der Waals surface area contributed by atoms with Crippen LogP contribution in [-0.2, 0) is 0 Å². The summed E-state index contributed by atoms with van der Waals surface area (Å²) in [6.07, 6.45) is 1.62. The van der Waals surface area contributed by atoms with E-state index in [9.17, 15) is 4.79 Å². The number of rotatable bonds is 5. The summed E-state index contributed by atoms with van der Waals surface area (Å²) in [6, 6.07) is 3.54. The number of hydrogen-bond donors (Lipinski definition) is 3.